The number of ether oxygens (including phenoxy) is 1. The lowest BCUT2D eigenvalue weighted by molar-refractivity contribution is -0.128. The van der Waals surface area contributed by atoms with Crippen molar-refractivity contribution in [2.45, 2.75) is 19.9 Å². The first-order valence-electron chi connectivity index (χ1n) is 9.89. The number of piperazine rings is 1. The largest absolute Gasteiger partial charge is 0.497 e. The maximum atomic E-state index is 13.7. The minimum atomic E-state index is -0.749. The van der Waals surface area contributed by atoms with Crippen LogP contribution in [0.25, 0.3) is 0 Å². The Morgan fingerprint density at radius 3 is 2.17 bits per heavy atom. The van der Waals surface area contributed by atoms with E-state index in [1.54, 1.807) is 16.9 Å². The zero-order chi connectivity index (χ0) is 21.3. The normalized spacial score (nSPS) is 16.7. The van der Waals surface area contributed by atoms with E-state index in [0.717, 1.165) is 22.4 Å². The second-order valence-corrected chi connectivity index (χ2v) is 7.47. The fraction of sp³-hybridized carbons (Fsp3) is 0.200. The van der Waals surface area contributed by atoms with Crippen LogP contribution in [-0.2, 0) is 9.59 Å². The molecule has 4 rings (SSSR count). The average molecular weight is 400 g/mol. The van der Waals surface area contributed by atoms with E-state index in [4.69, 9.17) is 4.74 Å². The van der Waals surface area contributed by atoms with E-state index < -0.39 is 6.04 Å². The molecule has 30 heavy (non-hydrogen) atoms. The molecule has 0 aliphatic carbocycles. The zero-order valence-corrected chi connectivity index (χ0v) is 17.3. The summed E-state index contributed by atoms with van der Waals surface area (Å²) in [7, 11) is 1.60. The van der Waals surface area contributed by atoms with Gasteiger partial charge in [0.2, 0.25) is 5.91 Å². The third-order valence-corrected chi connectivity index (χ3v) is 5.59. The minimum Gasteiger partial charge on any atom is -0.497 e. The Labute approximate surface area is 176 Å². The molecular formula is C25H24N2O3. The highest BCUT2D eigenvalue weighted by Gasteiger charge is 2.41. The SMILES string of the molecule is COc1ccc([C@@H]2C(=O)N(c3ccc(C)c(C)c3)CC(=O)N2c2ccccc2)cc1. The molecule has 1 heterocycles. The number of hydrogen-bond acceptors (Lipinski definition) is 3. The first-order valence-corrected chi connectivity index (χ1v) is 9.89. The van der Waals surface area contributed by atoms with Crippen LogP contribution in [0.15, 0.2) is 72.8 Å². The monoisotopic (exact) mass is 400 g/mol. The first kappa shape index (κ1) is 19.7. The summed E-state index contributed by atoms with van der Waals surface area (Å²) in [6, 6.07) is 21.7. The van der Waals surface area contributed by atoms with Crippen molar-refractivity contribution in [1.29, 1.82) is 0 Å². The summed E-state index contributed by atoms with van der Waals surface area (Å²) in [5.41, 5.74) is 4.41. The smallest absolute Gasteiger partial charge is 0.255 e. The van der Waals surface area contributed by atoms with E-state index in [2.05, 4.69) is 0 Å². The molecule has 1 fully saturated rings. The number of nitrogens with zero attached hydrogens (tertiary/aromatic N) is 2. The van der Waals surface area contributed by atoms with Gasteiger partial charge >= 0.3 is 0 Å². The van der Waals surface area contributed by atoms with Gasteiger partial charge in [-0.3, -0.25) is 14.5 Å². The van der Waals surface area contributed by atoms with E-state index in [-0.39, 0.29) is 18.4 Å². The van der Waals surface area contributed by atoms with Crippen LogP contribution in [0, 0.1) is 13.8 Å². The molecule has 0 bridgehead atoms. The molecule has 3 aromatic rings. The standard InChI is InChI=1S/C25H24N2O3/c1-17-9-12-21(15-18(17)2)26-16-23(28)27(20-7-5-4-6-8-20)24(25(26)29)19-10-13-22(30-3)14-11-19/h4-15,24H,16H2,1-3H3/t24-/m1/s1. The number of rotatable bonds is 4. The van der Waals surface area contributed by atoms with Crippen molar-refractivity contribution in [3.8, 4) is 5.75 Å². The lowest BCUT2D eigenvalue weighted by Gasteiger charge is -2.40. The van der Waals surface area contributed by atoms with E-state index in [9.17, 15) is 9.59 Å². The molecule has 2 amide bonds. The van der Waals surface area contributed by atoms with Crippen molar-refractivity contribution in [3.63, 3.8) is 0 Å². The highest BCUT2D eigenvalue weighted by molar-refractivity contribution is 6.14. The predicted octanol–water partition coefficient (Wildman–Crippen LogP) is 4.43. The van der Waals surface area contributed by atoms with Gasteiger partial charge in [-0.15, -0.1) is 0 Å². The predicted molar refractivity (Wildman–Crippen MR) is 118 cm³/mol. The van der Waals surface area contributed by atoms with Crippen molar-refractivity contribution < 1.29 is 14.3 Å². The van der Waals surface area contributed by atoms with E-state index in [1.165, 1.54) is 0 Å². The van der Waals surface area contributed by atoms with Crippen LogP contribution in [0.4, 0.5) is 11.4 Å². The van der Waals surface area contributed by atoms with E-state index >= 15 is 0 Å². The number of hydrogen-bond donors (Lipinski definition) is 0. The molecule has 1 atom stereocenters. The number of aryl methyl sites for hydroxylation is 2. The Morgan fingerprint density at radius 1 is 0.833 bits per heavy atom. The van der Waals surface area contributed by atoms with Crippen LogP contribution < -0.4 is 14.5 Å². The van der Waals surface area contributed by atoms with E-state index in [1.807, 2.05) is 86.6 Å². The molecule has 152 valence electrons. The Hall–Kier alpha value is -3.60. The molecule has 0 saturated carbocycles. The number of benzene rings is 3. The highest BCUT2D eigenvalue weighted by Crippen LogP contribution is 2.35. The molecular weight excluding hydrogens is 376 g/mol. The molecule has 1 aliphatic rings. The summed E-state index contributed by atoms with van der Waals surface area (Å²) < 4.78 is 5.25. The maximum Gasteiger partial charge on any atom is 0.255 e. The number of carbonyl (C=O) groups is 2. The van der Waals surface area contributed by atoms with Gasteiger partial charge in [-0.1, -0.05) is 36.4 Å². The number of amides is 2. The van der Waals surface area contributed by atoms with Crippen LogP contribution in [0.3, 0.4) is 0 Å². The van der Waals surface area contributed by atoms with Gasteiger partial charge in [0.25, 0.3) is 5.91 Å². The molecule has 3 aromatic carbocycles. The van der Waals surface area contributed by atoms with Crippen molar-refractivity contribution in [2.75, 3.05) is 23.5 Å². The summed E-state index contributed by atoms with van der Waals surface area (Å²) >= 11 is 0. The second kappa shape index (κ2) is 8.03. The molecule has 0 radical (unpaired) electrons. The van der Waals surface area contributed by atoms with Gasteiger partial charge in [0.05, 0.1) is 7.11 Å². The van der Waals surface area contributed by atoms with Crippen LogP contribution in [0.2, 0.25) is 0 Å². The van der Waals surface area contributed by atoms with Crippen molar-refractivity contribution >= 4 is 23.2 Å². The fourth-order valence-corrected chi connectivity index (χ4v) is 3.76. The van der Waals surface area contributed by atoms with Gasteiger partial charge in [-0.25, -0.2) is 0 Å². The topological polar surface area (TPSA) is 49.9 Å². The Morgan fingerprint density at radius 2 is 1.53 bits per heavy atom. The van der Waals surface area contributed by atoms with Crippen LogP contribution in [0.5, 0.6) is 5.75 Å². The summed E-state index contributed by atoms with van der Waals surface area (Å²) in [5, 5.41) is 0. The molecule has 0 unspecified atom stereocenters. The fourth-order valence-electron chi connectivity index (χ4n) is 3.76. The number of anilines is 2. The first-order chi connectivity index (χ1) is 14.5. The van der Waals surface area contributed by atoms with Gasteiger partial charge in [-0.05, 0) is 66.9 Å². The summed E-state index contributed by atoms with van der Waals surface area (Å²) in [5.74, 6) is 0.442. The molecule has 0 spiro atoms. The van der Waals surface area contributed by atoms with Gasteiger partial charge in [-0.2, -0.15) is 0 Å². The van der Waals surface area contributed by atoms with Crippen molar-refractivity contribution in [1.82, 2.24) is 0 Å². The quantitative estimate of drug-likeness (QED) is 0.651. The molecule has 5 heteroatoms. The van der Waals surface area contributed by atoms with Gasteiger partial charge < -0.3 is 9.64 Å². The Bertz CT molecular complexity index is 1080. The molecule has 5 nitrogen and oxygen atoms in total. The lowest BCUT2D eigenvalue weighted by atomic mass is 9.98. The van der Waals surface area contributed by atoms with Crippen molar-refractivity contribution in [3.05, 3.63) is 89.5 Å². The van der Waals surface area contributed by atoms with Crippen LogP contribution in [-0.4, -0.2) is 25.5 Å². The van der Waals surface area contributed by atoms with Crippen LogP contribution >= 0.6 is 0 Å². The summed E-state index contributed by atoms with van der Waals surface area (Å²) in [6.07, 6.45) is 0. The molecule has 0 aromatic heterocycles. The third kappa shape index (κ3) is 3.54. The summed E-state index contributed by atoms with van der Waals surface area (Å²) in [6.45, 7) is 4.04. The number of carbonyl (C=O) groups excluding carboxylic acids is 2. The Balaban J connectivity index is 1.80. The summed E-state index contributed by atoms with van der Waals surface area (Å²) in [4.78, 5) is 30.2. The average Bonchev–Trinajstić information content (AvgIpc) is 2.77. The van der Waals surface area contributed by atoms with Crippen LogP contribution in [0.1, 0.15) is 22.7 Å². The zero-order valence-electron chi connectivity index (χ0n) is 17.3. The molecule has 0 N–H and O–H groups in total. The van der Waals surface area contributed by atoms with Gasteiger partial charge in [0, 0.05) is 11.4 Å². The Kier molecular flexibility index (Phi) is 5.27. The van der Waals surface area contributed by atoms with Crippen molar-refractivity contribution in [2.24, 2.45) is 0 Å². The maximum absolute atomic E-state index is 13.7. The van der Waals surface area contributed by atoms with Gasteiger partial charge in [0.15, 0.2) is 0 Å². The molecule has 1 saturated heterocycles. The lowest BCUT2D eigenvalue weighted by Crippen LogP contribution is -2.56. The highest BCUT2D eigenvalue weighted by atomic mass is 16.5. The minimum absolute atomic E-state index is 0.00286. The molecule has 1 aliphatic heterocycles. The third-order valence-electron chi connectivity index (χ3n) is 5.59. The second-order valence-electron chi connectivity index (χ2n) is 7.47. The number of para-hydroxylation sites is 1. The van der Waals surface area contributed by atoms with E-state index in [0.29, 0.717) is 11.4 Å². The van der Waals surface area contributed by atoms with Gasteiger partial charge in [0.1, 0.15) is 18.3 Å². The number of methoxy groups -OCH3 is 1.